The Morgan fingerprint density at radius 3 is 2.39 bits per heavy atom. The van der Waals surface area contributed by atoms with E-state index in [0.717, 1.165) is 0 Å². The van der Waals surface area contributed by atoms with E-state index >= 15 is 0 Å². The van der Waals surface area contributed by atoms with Crippen molar-refractivity contribution in [2.45, 2.75) is 70.7 Å². The zero-order valence-electron chi connectivity index (χ0n) is 19.0. The summed E-state index contributed by atoms with van der Waals surface area (Å²) in [6.07, 6.45) is -0.637. The minimum absolute atomic E-state index is 0.199. The molecule has 5 unspecified atom stereocenters. The Labute approximate surface area is 198 Å². The first-order valence-corrected chi connectivity index (χ1v) is 11.2. The summed E-state index contributed by atoms with van der Waals surface area (Å²) < 4.78 is 25.3. The standard InChI is InChI=1S/C20H32N4O8S/c1-12(25)22-17-19(31-14(3)27)18(30-13(2)26)15(10-24-8-7-21-11-24)32-20(17)29-9-5-4-6-16(28)23-33/h11,15,17-20,33H,4-10H2,1-3H3,(H,22,25)(H,23,28). The lowest BCUT2D eigenvalue weighted by Gasteiger charge is -2.45. The fourth-order valence-electron chi connectivity index (χ4n) is 3.68. The van der Waals surface area contributed by atoms with Crippen LogP contribution in [0.5, 0.6) is 0 Å². The van der Waals surface area contributed by atoms with Gasteiger partial charge < -0.3 is 33.9 Å². The molecule has 0 bridgehead atoms. The van der Waals surface area contributed by atoms with E-state index in [1.807, 2.05) is 4.90 Å². The summed E-state index contributed by atoms with van der Waals surface area (Å²) in [5, 5.41) is 2.70. The molecule has 0 aliphatic carbocycles. The minimum Gasteiger partial charge on any atom is -0.456 e. The predicted octanol–water partition coefficient (Wildman–Crippen LogP) is -0.429. The lowest BCUT2D eigenvalue weighted by molar-refractivity contribution is -0.272. The highest BCUT2D eigenvalue weighted by atomic mass is 32.1. The number of amides is 2. The normalized spacial score (nSPS) is 26.5. The molecule has 13 heteroatoms. The summed E-state index contributed by atoms with van der Waals surface area (Å²) in [5.41, 5.74) is 0. The fourth-order valence-corrected chi connectivity index (χ4v) is 3.79. The van der Waals surface area contributed by atoms with Crippen molar-refractivity contribution in [2.75, 3.05) is 26.2 Å². The minimum atomic E-state index is -1.03. The summed E-state index contributed by atoms with van der Waals surface area (Å²) in [4.78, 5) is 53.0. The number of nitrogens with one attached hydrogen (secondary N) is 2. The average molecular weight is 489 g/mol. The molecule has 0 spiro atoms. The first-order chi connectivity index (χ1) is 15.7. The Morgan fingerprint density at radius 1 is 1.12 bits per heavy atom. The van der Waals surface area contributed by atoms with Gasteiger partial charge in [0.2, 0.25) is 11.8 Å². The van der Waals surface area contributed by atoms with E-state index in [0.29, 0.717) is 32.5 Å². The van der Waals surface area contributed by atoms with Crippen LogP contribution in [0.4, 0.5) is 0 Å². The molecule has 2 aliphatic rings. The van der Waals surface area contributed by atoms with Gasteiger partial charge in [0.05, 0.1) is 12.9 Å². The van der Waals surface area contributed by atoms with E-state index in [-0.39, 0.29) is 18.9 Å². The average Bonchev–Trinajstić information content (AvgIpc) is 3.24. The molecule has 0 radical (unpaired) electrons. The molecule has 0 saturated carbocycles. The van der Waals surface area contributed by atoms with Gasteiger partial charge >= 0.3 is 11.9 Å². The van der Waals surface area contributed by atoms with Crippen molar-refractivity contribution in [2.24, 2.45) is 4.99 Å². The highest BCUT2D eigenvalue weighted by molar-refractivity contribution is 7.78. The molecular weight excluding hydrogens is 456 g/mol. The third kappa shape index (κ3) is 8.82. The van der Waals surface area contributed by atoms with Crippen molar-refractivity contribution in [1.82, 2.24) is 14.9 Å². The second-order valence-electron chi connectivity index (χ2n) is 7.80. The molecule has 0 aromatic heterocycles. The van der Waals surface area contributed by atoms with Crippen molar-refractivity contribution in [1.29, 1.82) is 0 Å². The molecule has 0 aromatic carbocycles. The largest absolute Gasteiger partial charge is 0.456 e. The molecule has 12 nitrogen and oxygen atoms in total. The van der Waals surface area contributed by atoms with Crippen LogP contribution in [0.15, 0.2) is 4.99 Å². The SMILES string of the molecule is CC(=O)NC1C(OCCCCC(=O)NS)OC(CN2C=NCC2)C(OC(C)=O)C1OC(C)=O. The third-order valence-corrected chi connectivity index (χ3v) is 5.25. The Morgan fingerprint density at radius 2 is 1.82 bits per heavy atom. The Hall–Kier alpha value is -2.38. The van der Waals surface area contributed by atoms with Crippen molar-refractivity contribution in [3.63, 3.8) is 0 Å². The van der Waals surface area contributed by atoms with Gasteiger partial charge in [0, 0.05) is 46.9 Å². The number of hydrogen-bond acceptors (Lipinski definition) is 11. The van der Waals surface area contributed by atoms with E-state index in [9.17, 15) is 19.2 Å². The summed E-state index contributed by atoms with van der Waals surface area (Å²) in [7, 11) is 0. The van der Waals surface area contributed by atoms with Gasteiger partial charge in [0.15, 0.2) is 18.5 Å². The number of carbonyl (C=O) groups is 4. The number of rotatable bonds is 11. The smallest absolute Gasteiger partial charge is 0.303 e. The number of carbonyl (C=O) groups excluding carboxylic acids is 4. The second-order valence-corrected chi connectivity index (χ2v) is 8.02. The highest BCUT2D eigenvalue weighted by Gasteiger charge is 2.51. The van der Waals surface area contributed by atoms with Crippen LogP contribution in [0.2, 0.25) is 0 Å². The van der Waals surface area contributed by atoms with Crippen LogP contribution in [0, 0.1) is 0 Å². The van der Waals surface area contributed by atoms with Crippen LogP contribution >= 0.6 is 12.8 Å². The van der Waals surface area contributed by atoms with Gasteiger partial charge in [-0.15, -0.1) is 0 Å². The third-order valence-electron chi connectivity index (χ3n) is 5.00. The number of thiol groups is 1. The number of nitrogens with zero attached hydrogens (tertiary/aromatic N) is 2. The van der Waals surface area contributed by atoms with E-state index in [1.165, 1.54) is 20.8 Å². The molecule has 2 amide bonds. The molecule has 2 aliphatic heterocycles. The summed E-state index contributed by atoms with van der Waals surface area (Å²) >= 11 is 3.71. The van der Waals surface area contributed by atoms with Crippen LogP contribution in [0.1, 0.15) is 40.0 Å². The molecule has 5 atom stereocenters. The highest BCUT2D eigenvalue weighted by Crippen LogP contribution is 2.28. The van der Waals surface area contributed by atoms with Crippen LogP contribution < -0.4 is 10.0 Å². The fraction of sp³-hybridized carbons (Fsp3) is 0.750. The van der Waals surface area contributed by atoms with Gasteiger partial charge in [-0.05, 0) is 12.8 Å². The number of esters is 2. The Balaban J connectivity index is 2.21. The number of ether oxygens (including phenoxy) is 4. The van der Waals surface area contributed by atoms with Crippen LogP contribution in [0.3, 0.4) is 0 Å². The first kappa shape index (κ1) is 26.9. The van der Waals surface area contributed by atoms with Gasteiger partial charge in [0.25, 0.3) is 0 Å². The molecule has 33 heavy (non-hydrogen) atoms. The van der Waals surface area contributed by atoms with Crippen molar-refractivity contribution in [3.8, 4) is 0 Å². The lowest BCUT2D eigenvalue weighted by Crippen LogP contribution is -2.67. The van der Waals surface area contributed by atoms with Crippen molar-refractivity contribution >= 4 is 42.9 Å². The summed E-state index contributed by atoms with van der Waals surface area (Å²) in [6, 6.07) is -0.917. The summed E-state index contributed by atoms with van der Waals surface area (Å²) in [5.74, 6) is -1.78. The maximum absolute atomic E-state index is 11.9. The molecule has 0 aromatic rings. The molecule has 186 valence electrons. The zero-order valence-corrected chi connectivity index (χ0v) is 19.9. The lowest BCUT2D eigenvalue weighted by atomic mass is 9.95. The number of unbranched alkanes of at least 4 members (excludes halogenated alkanes) is 1. The van der Waals surface area contributed by atoms with E-state index in [1.54, 1.807) is 6.34 Å². The van der Waals surface area contributed by atoms with Gasteiger partial charge in [0.1, 0.15) is 12.1 Å². The van der Waals surface area contributed by atoms with Crippen molar-refractivity contribution < 1.29 is 38.1 Å². The topological polar surface area (TPSA) is 145 Å². The van der Waals surface area contributed by atoms with Crippen LogP contribution in [-0.4, -0.2) is 91.9 Å². The summed E-state index contributed by atoms with van der Waals surface area (Å²) in [6.45, 7) is 5.63. The molecule has 1 saturated heterocycles. The van der Waals surface area contributed by atoms with Gasteiger partial charge in [-0.25, -0.2) is 0 Å². The van der Waals surface area contributed by atoms with Crippen LogP contribution in [0.25, 0.3) is 0 Å². The molecule has 2 heterocycles. The zero-order chi connectivity index (χ0) is 24.4. The maximum Gasteiger partial charge on any atom is 0.303 e. The molecule has 2 rings (SSSR count). The number of hydrogen-bond donors (Lipinski definition) is 3. The van der Waals surface area contributed by atoms with Crippen molar-refractivity contribution in [3.05, 3.63) is 0 Å². The predicted molar refractivity (Wildman–Crippen MR) is 119 cm³/mol. The number of aliphatic imine (C=N–C) groups is 1. The molecular formula is C20H32N4O8S. The van der Waals surface area contributed by atoms with E-state index in [4.69, 9.17) is 18.9 Å². The maximum atomic E-state index is 11.9. The molecule has 2 N–H and O–H groups in total. The van der Waals surface area contributed by atoms with Gasteiger partial charge in [-0.2, -0.15) is 0 Å². The van der Waals surface area contributed by atoms with Crippen LogP contribution in [-0.2, 0) is 38.1 Å². The van der Waals surface area contributed by atoms with E-state index < -0.39 is 48.5 Å². The second kappa shape index (κ2) is 13.4. The van der Waals surface area contributed by atoms with Gasteiger partial charge in [-0.1, -0.05) is 12.8 Å². The quantitative estimate of drug-likeness (QED) is 0.200. The Bertz CT molecular complexity index is 737. The van der Waals surface area contributed by atoms with E-state index in [2.05, 4.69) is 27.8 Å². The first-order valence-electron chi connectivity index (χ1n) is 10.8. The monoisotopic (exact) mass is 488 g/mol. The van der Waals surface area contributed by atoms with Gasteiger partial charge in [-0.3, -0.25) is 24.2 Å². The Kier molecular flexibility index (Phi) is 10.9. The molecule has 1 fully saturated rings.